The molecule has 0 bridgehead atoms. The van der Waals surface area contributed by atoms with Crippen LogP contribution in [-0.4, -0.2) is 7.05 Å². The first-order chi connectivity index (χ1) is 10.3. The van der Waals surface area contributed by atoms with Gasteiger partial charge in [0.05, 0.1) is 3.79 Å². The van der Waals surface area contributed by atoms with Gasteiger partial charge in [-0.2, -0.15) is 0 Å². The second kappa shape index (κ2) is 6.60. The highest BCUT2D eigenvalue weighted by atomic mass is 79.9. The number of nitrogens with one attached hydrogen (secondary N) is 1. The lowest BCUT2D eigenvalue weighted by molar-refractivity contribution is 0.306. The van der Waals surface area contributed by atoms with Crippen LogP contribution >= 0.6 is 27.3 Å². The van der Waals surface area contributed by atoms with E-state index in [4.69, 9.17) is 4.74 Å². The number of halogens is 1. The molecule has 2 nitrogen and oxygen atoms in total. The van der Waals surface area contributed by atoms with Crippen LogP contribution in [0.1, 0.15) is 10.4 Å². The maximum Gasteiger partial charge on any atom is 0.124 e. The molecule has 0 amide bonds. The summed E-state index contributed by atoms with van der Waals surface area (Å²) in [7, 11) is 1.96. The van der Waals surface area contributed by atoms with Crippen molar-refractivity contribution in [3.63, 3.8) is 0 Å². The van der Waals surface area contributed by atoms with Gasteiger partial charge in [-0.25, -0.2) is 0 Å². The fraction of sp³-hybridized carbons (Fsp3) is 0.176. The Morgan fingerprint density at radius 2 is 1.95 bits per heavy atom. The molecule has 3 aromatic rings. The molecule has 4 heteroatoms. The molecule has 21 heavy (non-hydrogen) atoms. The van der Waals surface area contributed by atoms with Crippen LogP contribution in [0, 0.1) is 0 Å². The normalized spacial score (nSPS) is 11.0. The molecule has 0 saturated carbocycles. The Morgan fingerprint density at radius 1 is 1.10 bits per heavy atom. The number of benzene rings is 2. The summed E-state index contributed by atoms with van der Waals surface area (Å²) in [6.07, 6.45) is 0. The van der Waals surface area contributed by atoms with Gasteiger partial charge in [0.25, 0.3) is 0 Å². The van der Waals surface area contributed by atoms with Crippen LogP contribution < -0.4 is 10.1 Å². The van der Waals surface area contributed by atoms with Gasteiger partial charge in [0.1, 0.15) is 12.4 Å². The van der Waals surface area contributed by atoms with Gasteiger partial charge in [-0.15, -0.1) is 11.3 Å². The summed E-state index contributed by atoms with van der Waals surface area (Å²) in [5.74, 6) is 0.951. The molecule has 0 saturated heterocycles. The predicted molar refractivity (Wildman–Crippen MR) is 93.1 cm³/mol. The molecule has 1 aromatic heterocycles. The van der Waals surface area contributed by atoms with Crippen molar-refractivity contribution in [1.29, 1.82) is 0 Å². The lowest BCUT2D eigenvalue weighted by Crippen LogP contribution is -2.08. The van der Waals surface area contributed by atoms with Crippen molar-refractivity contribution < 1.29 is 4.74 Å². The van der Waals surface area contributed by atoms with Gasteiger partial charge >= 0.3 is 0 Å². The van der Waals surface area contributed by atoms with Crippen LogP contribution in [-0.2, 0) is 13.2 Å². The van der Waals surface area contributed by atoms with E-state index in [2.05, 4.69) is 69.8 Å². The molecule has 0 atom stereocenters. The van der Waals surface area contributed by atoms with Gasteiger partial charge in [-0.3, -0.25) is 0 Å². The summed E-state index contributed by atoms with van der Waals surface area (Å²) in [4.78, 5) is 1.21. The van der Waals surface area contributed by atoms with Crippen LogP contribution in [0.5, 0.6) is 5.75 Å². The first kappa shape index (κ1) is 14.6. The molecular formula is C17H16BrNOS. The van der Waals surface area contributed by atoms with Gasteiger partial charge in [0.2, 0.25) is 0 Å². The van der Waals surface area contributed by atoms with E-state index in [1.54, 1.807) is 11.3 Å². The maximum absolute atomic E-state index is 6.05. The van der Waals surface area contributed by atoms with Crippen LogP contribution in [0.2, 0.25) is 0 Å². The Morgan fingerprint density at radius 3 is 2.71 bits per heavy atom. The SMILES string of the molecule is CNCc1c(OCc2ccc(Br)s2)ccc2ccccc12. The smallest absolute Gasteiger partial charge is 0.124 e. The van der Waals surface area contributed by atoms with Crippen molar-refractivity contribution in [3.05, 3.63) is 62.8 Å². The maximum atomic E-state index is 6.05. The zero-order chi connectivity index (χ0) is 14.7. The molecule has 0 fully saturated rings. The van der Waals surface area contributed by atoms with Crippen molar-refractivity contribution in [1.82, 2.24) is 5.32 Å². The Labute approximate surface area is 136 Å². The van der Waals surface area contributed by atoms with Crippen LogP contribution in [0.3, 0.4) is 0 Å². The second-order valence-corrected chi connectivity index (χ2v) is 7.34. The highest BCUT2D eigenvalue weighted by molar-refractivity contribution is 9.11. The minimum Gasteiger partial charge on any atom is -0.488 e. The third-order valence-electron chi connectivity index (χ3n) is 3.35. The van der Waals surface area contributed by atoms with E-state index < -0.39 is 0 Å². The van der Waals surface area contributed by atoms with Crippen LogP contribution in [0.4, 0.5) is 0 Å². The van der Waals surface area contributed by atoms with Crippen molar-refractivity contribution in [2.45, 2.75) is 13.2 Å². The standard InChI is InChI=1S/C17H16BrNOS/c1-19-10-15-14-5-3-2-4-12(14)6-8-16(15)20-11-13-7-9-17(18)21-13/h2-9,19H,10-11H2,1H3. The minimum atomic E-state index is 0.603. The topological polar surface area (TPSA) is 21.3 Å². The predicted octanol–water partition coefficient (Wildman–Crippen LogP) is 4.96. The zero-order valence-electron chi connectivity index (χ0n) is 11.7. The van der Waals surface area contributed by atoms with E-state index in [-0.39, 0.29) is 0 Å². The van der Waals surface area contributed by atoms with E-state index in [1.165, 1.54) is 21.2 Å². The van der Waals surface area contributed by atoms with Crippen LogP contribution in [0.15, 0.2) is 52.3 Å². The van der Waals surface area contributed by atoms with Gasteiger partial charge in [-0.05, 0) is 51.9 Å². The van der Waals surface area contributed by atoms with Gasteiger partial charge < -0.3 is 10.1 Å². The van der Waals surface area contributed by atoms with E-state index >= 15 is 0 Å². The molecular weight excluding hydrogens is 346 g/mol. The van der Waals surface area contributed by atoms with Gasteiger partial charge in [-0.1, -0.05) is 30.3 Å². The lowest BCUT2D eigenvalue weighted by Gasteiger charge is -2.13. The monoisotopic (exact) mass is 361 g/mol. The average molecular weight is 362 g/mol. The van der Waals surface area contributed by atoms with Crippen molar-refractivity contribution in [3.8, 4) is 5.75 Å². The number of ether oxygens (including phenoxy) is 1. The number of hydrogen-bond acceptors (Lipinski definition) is 3. The van der Waals surface area contributed by atoms with Gasteiger partial charge in [0, 0.05) is 17.0 Å². The average Bonchev–Trinajstić information content (AvgIpc) is 2.92. The fourth-order valence-electron chi connectivity index (χ4n) is 2.39. The number of fused-ring (bicyclic) bond motifs is 1. The molecule has 0 aliphatic heterocycles. The summed E-state index contributed by atoms with van der Waals surface area (Å²) in [5, 5.41) is 5.73. The Hall–Kier alpha value is -1.36. The summed E-state index contributed by atoms with van der Waals surface area (Å²) in [6.45, 7) is 1.40. The largest absolute Gasteiger partial charge is 0.488 e. The third kappa shape index (κ3) is 3.28. The first-order valence-electron chi connectivity index (χ1n) is 6.80. The molecule has 0 aliphatic carbocycles. The molecule has 108 valence electrons. The zero-order valence-corrected chi connectivity index (χ0v) is 14.1. The van der Waals surface area contributed by atoms with Crippen molar-refractivity contribution in [2.24, 2.45) is 0 Å². The van der Waals surface area contributed by atoms with E-state index in [0.29, 0.717) is 6.61 Å². The first-order valence-corrected chi connectivity index (χ1v) is 8.41. The molecule has 0 spiro atoms. The molecule has 0 aliphatic rings. The lowest BCUT2D eigenvalue weighted by atomic mass is 10.0. The van der Waals surface area contributed by atoms with Gasteiger partial charge in [0.15, 0.2) is 0 Å². The second-order valence-electron chi connectivity index (χ2n) is 4.79. The highest BCUT2D eigenvalue weighted by Crippen LogP contribution is 2.30. The Kier molecular flexibility index (Phi) is 4.58. The van der Waals surface area contributed by atoms with E-state index in [0.717, 1.165) is 16.1 Å². The van der Waals surface area contributed by atoms with Crippen molar-refractivity contribution >= 4 is 38.0 Å². The van der Waals surface area contributed by atoms with E-state index in [9.17, 15) is 0 Å². The molecule has 1 N–H and O–H groups in total. The van der Waals surface area contributed by atoms with E-state index in [1.807, 2.05) is 7.05 Å². The number of hydrogen-bond donors (Lipinski definition) is 1. The molecule has 0 radical (unpaired) electrons. The summed E-state index contributed by atoms with van der Waals surface area (Å²) < 4.78 is 7.18. The Bertz CT molecular complexity index is 753. The third-order valence-corrected chi connectivity index (χ3v) is 4.95. The minimum absolute atomic E-state index is 0.603. The van der Waals surface area contributed by atoms with Crippen molar-refractivity contribution in [2.75, 3.05) is 7.05 Å². The summed E-state index contributed by atoms with van der Waals surface area (Å²) in [6, 6.07) is 16.7. The summed E-state index contributed by atoms with van der Waals surface area (Å²) in [5.41, 5.74) is 1.21. The quantitative estimate of drug-likeness (QED) is 0.693. The fourth-order valence-corrected chi connectivity index (χ4v) is 3.78. The molecule has 3 rings (SSSR count). The number of rotatable bonds is 5. The van der Waals surface area contributed by atoms with Crippen LogP contribution in [0.25, 0.3) is 10.8 Å². The Balaban J connectivity index is 1.91. The molecule has 1 heterocycles. The number of thiophene rings is 1. The molecule has 2 aromatic carbocycles. The molecule has 0 unspecified atom stereocenters. The highest BCUT2D eigenvalue weighted by Gasteiger charge is 2.09. The summed E-state index contributed by atoms with van der Waals surface area (Å²) >= 11 is 5.19.